The minimum absolute atomic E-state index is 0.0963. The standard InChI is InChI=1S/C16H25FN2O3.C2HF3O2/c17-12-8-11(9-12)16(20)19-10-14(18-3-6-21-7-4-18)15-13(19)2-1-5-22-15;3-2(4,5)1(6)7/h11-15H,1-10H2;(H,6,7)/t11?,12?,13-,14-,15+;/m0./s1. The van der Waals surface area contributed by atoms with Crippen molar-refractivity contribution in [1.82, 2.24) is 9.80 Å². The van der Waals surface area contributed by atoms with Crippen LogP contribution in [0.25, 0.3) is 0 Å². The molecule has 4 rings (SSSR count). The number of carbonyl (C=O) groups excluding carboxylic acids is 1. The number of likely N-dealkylation sites (tertiary alicyclic amines) is 1. The normalized spacial score (nSPS) is 35.2. The number of ether oxygens (including phenoxy) is 2. The third-order valence-electron chi connectivity index (χ3n) is 5.97. The zero-order chi connectivity index (χ0) is 21.2. The Hall–Kier alpha value is -1.46. The van der Waals surface area contributed by atoms with Gasteiger partial charge in [-0.1, -0.05) is 0 Å². The number of carboxylic acids is 1. The minimum atomic E-state index is -5.08. The van der Waals surface area contributed by atoms with Gasteiger partial charge in [-0.25, -0.2) is 9.18 Å². The van der Waals surface area contributed by atoms with Crippen molar-refractivity contribution in [3.8, 4) is 0 Å². The minimum Gasteiger partial charge on any atom is -0.475 e. The second-order valence-electron chi connectivity index (χ2n) is 7.82. The van der Waals surface area contributed by atoms with Crippen LogP contribution in [0.15, 0.2) is 0 Å². The van der Waals surface area contributed by atoms with E-state index in [1.807, 2.05) is 4.90 Å². The van der Waals surface area contributed by atoms with E-state index in [0.717, 1.165) is 52.3 Å². The molecule has 3 atom stereocenters. The van der Waals surface area contributed by atoms with Crippen molar-refractivity contribution in [2.45, 2.75) is 56.2 Å². The molecule has 1 saturated carbocycles. The summed E-state index contributed by atoms with van der Waals surface area (Å²) >= 11 is 0. The topological polar surface area (TPSA) is 79.3 Å². The average molecular weight is 426 g/mol. The van der Waals surface area contributed by atoms with Crippen molar-refractivity contribution >= 4 is 11.9 Å². The molecule has 1 N–H and O–H groups in total. The molecular formula is C18H26F4N2O5. The van der Waals surface area contributed by atoms with E-state index in [0.29, 0.717) is 12.8 Å². The van der Waals surface area contributed by atoms with Gasteiger partial charge in [0, 0.05) is 32.2 Å². The summed E-state index contributed by atoms with van der Waals surface area (Å²) in [7, 11) is 0. The van der Waals surface area contributed by atoms with Crippen LogP contribution in [0.1, 0.15) is 25.7 Å². The summed E-state index contributed by atoms with van der Waals surface area (Å²) in [6.07, 6.45) is -2.88. The molecule has 3 aliphatic heterocycles. The fourth-order valence-corrected chi connectivity index (χ4v) is 4.40. The predicted octanol–water partition coefficient (Wildman–Crippen LogP) is 1.46. The lowest BCUT2D eigenvalue weighted by Crippen LogP contribution is -2.51. The number of rotatable bonds is 2. The summed E-state index contributed by atoms with van der Waals surface area (Å²) in [5.74, 6) is -2.70. The summed E-state index contributed by atoms with van der Waals surface area (Å²) < 4.78 is 56.3. The van der Waals surface area contributed by atoms with Crippen molar-refractivity contribution in [2.24, 2.45) is 5.92 Å². The van der Waals surface area contributed by atoms with E-state index >= 15 is 0 Å². The van der Waals surface area contributed by atoms with Crippen LogP contribution in [0, 0.1) is 5.92 Å². The largest absolute Gasteiger partial charge is 0.490 e. The highest BCUT2D eigenvalue weighted by Gasteiger charge is 2.50. The second-order valence-corrected chi connectivity index (χ2v) is 7.82. The van der Waals surface area contributed by atoms with Gasteiger partial charge >= 0.3 is 12.1 Å². The molecule has 0 unspecified atom stereocenters. The van der Waals surface area contributed by atoms with Crippen LogP contribution < -0.4 is 0 Å². The molecule has 29 heavy (non-hydrogen) atoms. The summed E-state index contributed by atoms with van der Waals surface area (Å²) in [5.41, 5.74) is 0. The van der Waals surface area contributed by atoms with Gasteiger partial charge in [0.05, 0.1) is 31.4 Å². The number of carbonyl (C=O) groups is 2. The molecule has 3 saturated heterocycles. The number of halogens is 4. The number of aliphatic carboxylic acids is 1. The van der Waals surface area contributed by atoms with Crippen LogP contribution in [0.5, 0.6) is 0 Å². The molecule has 1 aliphatic carbocycles. The Labute approximate surface area is 165 Å². The first-order chi connectivity index (χ1) is 13.7. The van der Waals surface area contributed by atoms with Gasteiger partial charge in [0.2, 0.25) is 5.91 Å². The van der Waals surface area contributed by atoms with Gasteiger partial charge in [-0.05, 0) is 25.7 Å². The van der Waals surface area contributed by atoms with E-state index in [1.54, 1.807) is 0 Å². The van der Waals surface area contributed by atoms with E-state index in [2.05, 4.69) is 4.90 Å². The Balaban J connectivity index is 0.000000298. The zero-order valence-electron chi connectivity index (χ0n) is 15.9. The number of carboxylic acid groups (broad SMARTS) is 1. The molecule has 1 amide bonds. The predicted molar refractivity (Wildman–Crippen MR) is 92.0 cm³/mol. The molecule has 0 spiro atoms. The van der Waals surface area contributed by atoms with Crippen molar-refractivity contribution in [1.29, 1.82) is 0 Å². The molecule has 4 aliphatic rings. The van der Waals surface area contributed by atoms with Gasteiger partial charge in [-0.15, -0.1) is 0 Å². The quantitative estimate of drug-likeness (QED) is 0.674. The van der Waals surface area contributed by atoms with E-state index in [4.69, 9.17) is 19.4 Å². The SMILES string of the molecule is O=C(C1CC(F)C1)N1C[C@H](N2CCOCC2)[C@@H]2OCCC[C@@H]21.O=C(O)C(F)(F)F. The Morgan fingerprint density at radius 3 is 2.21 bits per heavy atom. The maximum atomic E-state index is 13.1. The fourth-order valence-electron chi connectivity index (χ4n) is 4.40. The lowest BCUT2D eigenvalue weighted by Gasteiger charge is -2.38. The maximum absolute atomic E-state index is 13.1. The van der Waals surface area contributed by atoms with Gasteiger partial charge in [0.15, 0.2) is 0 Å². The summed E-state index contributed by atoms with van der Waals surface area (Å²) in [6.45, 7) is 4.87. The first-order valence-electron chi connectivity index (χ1n) is 9.86. The number of morpholine rings is 1. The van der Waals surface area contributed by atoms with E-state index in [1.165, 1.54) is 0 Å². The monoisotopic (exact) mass is 426 g/mol. The molecule has 166 valence electrons. The molecule has 4 fully saturated rings. The smallest absolute Gasteiger partial charge is 0.475 e. The Kier molecular flexibility index (Phi) is 7.00. The van der Waals surface area contributed by atoms with Crippen LogP contribution in [0.3, 0.4) is 0 Å². The molecule has 0 aromatic heterocycles. The third-order valence-corrected chi connectivity index (χ3v) is 5.97. The van der Waals surface area contributed by atoms with Crippen molar-refractivity contribution in [2.75, 3.05) is 39.5 Å². The molecular weight excluding hydrogens is 400 g/mol. The van der Waals surface area contributed by atoms with Crippen LogP contribution in [0.4, 0.5) is 17.6 Å². The molecule has 11 heteroatoms. The van der Waals surface area contributed by atoms with E-state index in [-0.39, 0.29) is 30.0 Å². The number of hydrogen-bond acceptors (Lipinski definition) is 5. The van der Waals surface area contributed by atoms with E-state index < -0.39 is 18.3 Å². The van der Waals surface area contributed by atoms with Gasteiger partial charge in [-0.2, -0.15) is 13.2 Å². The summed E-state index contributed by atoms with van der Waals surface area (Å²) in [6, 6.07) is 0.465. The number of alkyl halides is 4. The fraction of sp³-hybridized carbons (Fsp3) is 0.889. The van der Waals surface area contributed by atoms with Crippen LogP contribution in [-0.4, -0.2) is 96.8 Å². The van der Waals surface area contributed by atoms with Gasteiger partial charge in [-0.3, -0.25) is 9.69 Å². The Morgan fingerprint density at radius 1 is 1.03 bits per heavy atom. The highest BCUT2D eigenvalue weighted by Crippen LogP contribution is 2.37. The van der Waals surface area contributed by atoms with Crippen molar-refractivity contribution in [3.63, 3.8) is 0 Å². The zero-order valence-corrected chi connectivity index (χ0v) is 15.9. The molecule has 3 heterocycles. The number of hydrogen-bond donors (Lipinski definition) is 1. The summed E-state index contributed by atoms with van der Waals surface area (Å²) in [5, 5.41) is 7.12. The molecule has 0 bridgehead atoms. The third kappa shape index (κ3) is 5.18. The van der Waals surface area contributed by atoms with Gasteiger partial charge in [0.1, 0.15) is 6.17 Å². The van der Waals surface area contributed by atoms with Crippen LogP contribution in [-0.2, 0) is 19.1 Å². The van der Waals surface area contributed by atoms with Crippen LogP contribution >= 0.6 is 0 Å². The first kappa shape index (κ1) is 22.2. The Bertz CT molecular complexity index is 593. The lowest BCUT2D eigenvalue weighted by molar-refractivity contribution is -0.192. The molecule has 0 aromatic carbocycles. The first-order valence-corrected chi connectivity index (χ1v) is 9.86. The average Bonchev–Trinajstić information content (AvgIpc) is 3.05. The number of nitrogens with zero attached hydrogens (tertiary/aromatic N) is 2. The second kappa shape index (κ2) is 9.13. The highest BCUT2D eigenvalue weighted by atomic mass is 19.4. The van der Waals surface area contributed by atoms with Crippen molar-refractivity contribution < 1.29 is 41.7 Å². The number of amides is 1. The molecule has 7 nitrogen and oxygen atoms in total. The number of fused-ring (bicyclic) bond motifs is 1. The summed E-state index contributed by atoms with van der Waals surface area (Å²) in [4.78, 5) is 26.0. The van der Waals surface area contributed by atoms with Gasteiger partial charge in [0.25, 0.3) is 0 Å². The highest BCUT2D eigenvalue weighted by molar-refractivity contribution is 5.80. The maximum Gasteiger partial charge on any atom is 0.490 e. The van der Waals surface area contributed by atoms with E-state index in [9.17, 15) is 22.4 Å². The van der Waals surface area contributed by atoms with Crippen molar-refractivity contribution in [3.05, 3.63) is 0 Å². The Morgan fingerprint density at radius 2 is 1.66 bits per heavy atom. The van der Waals surface area contributed by atoms with Gasteiger partial charge < -0.3 is 19.5 Å². The molecule has 0 radical (unpaired) electrons. The molecule has 0 aromatic rings. The lowest BCUT2D eigenvalue weighted by atomic mass is 9.82. The van der Waals surface area contributed by atoms with Crippen LogP contribution in [0.2, 0.25) is 0 Å².